The molecule has 0 atom stereocenters. The Labute approximate surface area is 53.7 Å². The van der Waals surface area contributed by atoms with Crippen LogP contribution in [-0.4, -0.2) is 12.6 Å². The molecule has 0 aromatic heterocycles. The molecule has 1 aliphatic heterocycles. The number of rotatable bonds is 1. The zero-order chi connectivity index (χ0) is 6.53. The third-order valence-electron chi connectivity index (χ3n) is 0.816. The van der Waals surface area contributed by atoms with Gasteiger partial charge in [-0.2, -0.15) is 4.99 Å². The van der Waals surface area contributed by atoms with Gasteiger partial charge in [0.1, 0.15) is 0 Å². The molecule has 3 nitrogen and oxygen atoms in total. The topological polar surface area (TPSA) is 33.6 Å². The summed E-state index contributed by atoms with van der Waals surface area (Å²) in [4.78, 5) is 3.84. The monoisotopic (exact) mass is 124 g/mol. The fourth-order valence-electron chi connectivity index (χ4n) is 0.489. The van der Waals surface area contributed by atoms with E-state index in [1.807, 2.05) is 6.92 Å². The van der Waals surface area contributed by atoms with Crippen molar-refractivity contribution in [2.24, 2.45) is 4.99 Å². The molecule has 0 saturated carbocycles. The van der Waals surface area contributed by atoms with E-state index in [4.69, 9.17) is 4.74 Å². The van der Waals surface area contributed by atoms with Crippen LogP contribution in [0.25, 0.3) is 0 Å². The van der Waals surface area contributed by atoms with Gasteiger partial charge in [-0.1, -0.05) is 5.73 Å². The molecule has 0 aromatic rings. The van der Waals surface area contributed by atoms with Crippen LogP contribution in [0.1, 0.15) is 6.92 Å². The summed E-state index contributed by atoms with van der Waals surface area (Å²) in [6.07, 6.45) is 3.21. The maximum absolute atomic E-state index is 5.02. The number of hydrogen-bond donors (Lipinski definition) is 1. The quantitative estimate of drug-likeness (QED) is 0.519. The standard InChI is InChI=1S/C6H8N2O/c1-2-9-6-7-4-3-5-8-6/h4-5H,2H2,1H3,(H,7,8). The average Bonchev–Trinajstić information content (AvgIpc) is 1.91. The van der Waals surface area contributed by atoms with Crippen LogP contribution in [0, 0.1) is 0 Å². The van der Waals surface area contributed by atoms with E-state index in [2.05, 4.69) is 16.0 Å². The van der Waals surface area contributed by atoms with Crippen LogP contribution in [0.5, 0.6) is 0 Å². The second-order valence-corrected chi connectivity index (χ2v) is 1.45. The van der Waals surface area contributed by atoms with Crippen LogP contribution in [0.15, 0.2) is 23.1 Å². The number of aliphatic imine (C=N–C) groups is 1. The first-order valence-corrected chi connectivity index (χ1v) is 2.80. The second-order valence-electron chi connectivity index (χ2n) is 1.45. The molecule has 0 spiro atoms. The Kier molecular flexibility index (Phi) is 1.94. The Morgan fingerprint density at radius 3 is 3.33 bits per heavy atom. The summed E-state index contributed by atoms with van der Waals surface area (Å²) >= 11 is 0. The van der Waals surface area contributed by atoms with Crippen LogP contribution >= 0.6 is 0 Å². The number of ether oxygens (including phenoxy) is 1. The van der Waals surface area contributed by atoms with Crippen molar-refractivity contribution in [3.63, 3.8) is 0 Å². The van der Waals surface area contributed by atoms with Gasteiger partial charge in [-0.3, -0.25) is 0 Å². The Morgan fingerprint density at radius 2 is 2.78 bits per heavy atom. The van der Waals surface area contributed by atoms with Crippen LogP contribution in [0.3, 0.4) is 0 Å². The predicted octanol–water partition coefficient (Wildman–Crippen LogP) is 0.608. The highest BCUT2D eigenvalue weighted by Crippen LogP contribution is 1.84. The van der Waals surface area contributed by atoms with Gasteiger partial charge in [0.25, 0.3) is 6.02 Å². The van der Waals surface area contributed by atoms with Crippen LogP contribution < -0.4 is 5.32 Å². The van der Waals surface area contributed by atoms with Crippen molar-refractivity contribution in [2.75, 3.05) is 6.61 Å². The second kappa shape index (κ2) is 2.95. The summed E-state index contributed by atoms with van der Waals surface area (Å²) in [6, 6.07) is 0.538. The first kappa shape index (κ1) is 5.92. The number of amidine groups is 1. The molecule has 0 unspecified atom stereocenters. The maximum Gasteiger partial charge on any atom is 0.294 e. The number of nitrogens with one attached hydrogen (secondary N) is 1. The van der Waals surface area contributed by atoms with Gasteiger partial charge in [0.15, 0.2) is 0 Å². The molecule has 9 heavy (non-hydrogen) atoms. The summed E-state index contributed by atoms with van der Waals surface area (Å²) in [5, 5.41) is 2.78. The molecule has 1 heterocycles. The van der Waals surface area contributed by atoms with Gasteiger partial charge in [-0.15, -0.1) is 0 Å². The lowest BCUT2D eigenvalue weighted by Crippen LogP contribution is -2.21. The molecule has 48 valence electrons. The molecule has 1 aliphatic rings. The van der Waals surface area contributed by atoms with Gasteiger partial charge < -0.3 is 10.1 Å². The largest absolute Gasteiger partial charge is 0.465 e. The Bertz CT molecular complexity index is 177. The molecule has 0 aromatic carbocycles. The van der Waals surface area contributed by atoms with Gasteiger partial charge in [-0.25, -0.2) is 0 Å². The summed E-state index contributed by atoms with van der Waals surface area (Å²) < 4.78 is 5.02. The Hall–Kier alpha value is -1.21. The Balaban J connectivity index is 2.45. The van der Waals surface area contributed by atoms with Gasteiger partial charge in [0.05, 0.1) is 12.8 Å². The van der Waals surface area contributed by atoms with E-state index >= 15 is 0 Å². The normalized spacial score (nSPS) is 14.6. The highest BCUT2D eigenvalue weighted by atomic mass is 16.5. The molecule has 0 fully saturated rings. The molecule has 0 saturated heterocycles. The van der Waals surface area contributed by atoms with Crippen molar-refractivity contribution in [2.45, 2.75) is 6.92 Å². The van der Waals surface area contributed by atoms with E-state index in [9.17, 15) is 0 Å². The summed E-state index contributed by atoms with van der Waals surface area (Å²) in [5.41, 5.74) is 2.74. The van der Waals surface area contributed by atoms with Crippen molar-refractivity contribution in [1.82, 2.24) is 5.32 Å². The van der Waals surface area contributed by atoms with E-state index in [0.29, 0.717) is 12.6 Å². The molecule has 0 aliphatic carbocycles. The summed E-state index contributed by atoms with van der Waals surface area (Å²) in [5.74, 6) is 0. The minimum atomic E-state index is 0.538. The number of nitrogens with zero attached hydrogens (tertiary/aromatic N) is 1. The van der Waals surface area contributed by atoms with Crippen LogP contribution in [0.2, 0.25) is 0 Å². The van der Waals surface area contributed by atoms with E-state index in [1.54, 1.807) is 12.4 Å². The first-order chi connectivity index (χ1) is 4.43. The van der Waals surface area contributed by atoms with E-state index in [-0.39, 0.29) is 0 Å². The molecule has 1 rings (SSSR count). The molecular formula is C6H8N2O. The number of hydrogen-bond acceptors (Lipinski definition) is 3. The fourth-order valence-corrected chi connectivity index (χ4v) is 0.489. The highest BCUT2D eigenvalue weighted by molar-refractivity contribution is 5.75. The predicted molar refractivity (Wildman–Crippen MR) is 34.8 cm³/mol. The molecule has 0 bridgehead atoms. The lowest BCUT2D eigenvalue weighted by atomic mass is 10.7. The molecule has 1 N–H and O–H groups in total. The van der Waals surface area contributed by atoms with E-state index in [1.165, 1.54) is 0 Å². The molecule has 0 radical (unpaired) electrons. The zero-order valence-corrected chi connectivity index (χ0v) is 5.22. The first-order valence-electron chi connectivity index (χ1n) is 2.80. The lowest BCUT2D eigenvalue weighted by molar-refractivity contribution is 0.315. The molecule has 3 heteroatoms. The maximum atomic E-state index is 5.02. The van der Waals surface area contributed by atoms with E-state index in [0.717, 1.165) is 0 Å². The van der Waals surface area contributed by atoms with Crippen molar-refractivity contribution in [1.29, 1.82) is 0 Å². The average molecular weight is 124 g/mol. The minimum Gasteiger partial charge on any atom is -0.465 e. The van der Waals surface area contributed by atoms with Gasteiger partial charge in [-0.05, 0) is 6.92 Å². The minimum absolute atomic E-state index is 0.538. The van der Waals surface area contributed by atoms with Gasteiger partial charge >= 0.3 is 0 Å². The fraction of sp³-hybridized carbons (Fsp3) is 0.333. The summed E-state index contributed by atoms with van der Waals surface area (Å²) in [7, 11) is 0. The zero-order valence-electron chi connectivity index (χ0n) is 5.22. The van der Waals surface area contributed by atoms with Crippen LogP contribution in [0.4, 0.5) is 0 Å². The van der Waals surface area contributed by atoms with Crippen LogP contribution in [-0.2, 0) is 4.74 Å². The summed E-state index contributed by atoms with van der Waals surface area (Å²) in [6.45, 7) is 2.54. The van der Waals surface area contributed by atoms with Crippen molar-refractivity contribution in [3.8, 4) is 0 Å². The molecular weight excluding hydrogens is 116 g/mol. The van der Waals surface area contributed by atoms with Crippen molar-refractivity contribution < 1.29 is 4.74 Å². The molecule has 0 amide bonds. The van der Waals surface area contributed by atoms with Gasteiger partial charge in [0.2, 0.25) is 0 Å². The van der Waals surface area contributed by atoms with E-state index < -0.39 is 0 Å². The third-order valence-corrected chi connectivity index (χ3v) is 0.816. The smallest absolute Gasteiger partial charge is 0.294 e. The highest BCUT2D eigenvalue weighted by Gasteiger charge is 1.93. The SMILES string of the molecule is CCOC1=NC=C=CN1. The van der Waals surface area contributed by atoms with Crippen molar-refractivity contribution >= 4 is 6.02 Å². The van der Waals surface area contributed by atoms with Crippen molar-refractivity contribution in [3.05, 3.63) is 18.1 Å². The van der Waals surface area contributed by atoms with Gasteiger partial charge in [0, 0.05) is 6.20 Å². The Morgan fingerprint density at radius 1 is 1.89 bits per heavy atom. The lowest BCUT2D eigenvalue weighted by Gasteiger charge is -2.04. The third kappa shape index (κ3) is 1.63.